The average molecular weight is 258 g/mol. The summed E-state index contributed by atoms with van der Waals surface area (Å²) in [5.41, 5.74) is 0. The molecule has 0 aromatic heterocycles. The number of carbonyl (C=O) groups is 2. The second-order valence-electron chi connectivity index (χ2n) is 5.18. The van der Waals surface area contributed by atoms with Crippen molar-refractivity contribution in [2.45, 2.75) is 53.1 Å². The van der Waals surface area contributed by atoms with Crippen LogP contribution in [0.4, 0.5) is 0 Å². The summed E-state index contributed by atoms with van der Waals surface area (Å²) in [5, 5.41) is 14.7. The molecule has 106 valence electrons. The predicted octanol–water partition coefficient (Wildman–Crippen LogP) is 1.24. The van der Waals surface area contributed by atoms with Gasteiger partial charge in [0.2, 0.25) is 5.91 Å². The van der Waals surface area contributed by atoms with E-state index in [2.05, 4.69) is 10.6 Å². The number of hydrogen-bond donors (Lipinski definition) is 3. The van der Waals surface area contributed by atoms with Gasteiger partial charge in [-0.1, -0.05) is 34.1 Å². The van der Waals surface area contributed by atoms with Crippen LogP contribution >= 0.6 is 0 Å². The molecular weight excluding hydrogens is 232 g/mol. The fourth-order valence-corrected chi connectivity index (χ4v) is 1.44. The first-order chi connectivity index (χ1) is 8.29. The molecule has 0 aliphatic carbocycles. The average Bonchev–Trinajstić information content (AvgIpc) is 2.27. The summed E-state index contributed by atoms with van der Waals surface area (Å²) >= 11 is 0. The summed E-state index contributed by atoms with van der Waals surface area (Å²) in [4.78, 5) is 22.7. The lowest BCUT2D eigenvalue weighted by Gasteiger charge is -2.21. The summed E-state index contributed by atoms with van der Waals surface area (Å²) in [6.07, 6.45) is 0.758. The van der Waals surface area contributed by atoms with Gasteiger partial charge in [0.15, 0.2) is 0 Å². The Morgan fingerprint density at radius 3 is 2.11 bits per heavy atom. The van der Waals surface area contributed by atoms with Crippen LogP contribution in [0.3, 0.4) is 0 Å². The third kappa shape index (κ3) is 6.00. The molecule has 0 saturated carbocycles. The van der Waals surface area contributed by atoms with Gasteiger partial charge >= 0.3 is 5.97 Å². The first kappa shape index (κ1) is 16.9. The van der Waals surface area contributed by atoms with Gasteiger partial charge in [0.1, 0.15) is 6.04 Å². The highest BCUT2D eigenvalue weighted by atomic mass is 16.4. The van der Waals surface area contributed by atoms with Crippen LogP contribution in [0.1, 0.15) is 41.0 Å². The molecule has 0 aliphatic rings. The molecule has 1 unspecified atom stereocenters. The van der Waals surface area contributed by atoms with Crippen molar-refractivity contribution in [3.63, 3.8) is 0 Å². The number of carbonyl (C=O) groups excluding carboxylic acids is 1. The lowest BCUT2D eigenvalue weighted by Crippen LogP contribution is -2.48. The molecule has 0 spiro atoms. The maximum absolute atomic E-state index is 11.6. The van der Waals surface area contributed by atoms with E-state index in [0.29, 0.717) is 5.92 Å². The molecule has 18 heavy (non-hydrogen) atoms. The zero-order chi connectivity index (χ0) is 14.3. The Morgan fingerprint density at radius 1 is 1.17 bits per heavy atom. The van der Waals surface area contributed by atoms with Gasteiger partial charge in [0, 0.05) is 6.04 Å². The van der Waals surface area contributed by atoms with Crippen LogP contribution in [0.15, 0.2) is 0 Å². The summed E-state index contributed by atoms with van der Waals surface area (Å²) < 4.78 is 0. The Morgan fingerprint density at radius 2 is 1.72 bits per heavy atom. The van der Waals surface area contributed by atoms with Gasteiger partial charge in [0.25, 0.3) is 0 Å². The Bertz CT molecular complexity index is 279. The van der Waals surface area contributed by atoms with E-state index in [1.807, 2.05) is 34.6 Å². The van der Waals surface area contributed by atoms with Crippen molar-refractivity contribution in [2.75, 3.05) is 6.54 Å². The molecule has 0 radical (unpaired) electrons. The molecule has 5 heteroatoms. The van der Waals surface area contributed by atoms with Crippen LogP contribution in [0.25, 0.3) is 0 Å². The Hall–Kier alpha value is -1.10. The largest absolute Gasteiger partial charge is 0.480 e. The van der Waals surface area contributed by atoms with Crippen LogP contribution in [-0.2, 0) is 9.59 Å². The third-order valence-electron chi connectivity index (χ3n) is 3.35. The van der Waals surface area contributed by atoms with Gasteiger partial charge in [-0.05, 0) is 18.8 Å². The van der Waals surface area contributed by atoms with E-state index in [-0.39, 0.29) is 24.4 Å². The topological polar surface area (TPSA) is 78.4 Å². The monoisotopic (exact) mass is 258 g/mol. The first-order valence-electron chi connectivity index (χ1n) is 6.55. The Kier molecular flexibility index (Phi) is 7.59. The molecule has 0 aliphatic heterocycles. The normalized spacial score (nSPS) is 16.1. The molecule has 0 fully saturated rings. The predicted molar refractivity (Wildman–Crippen MR) is 71.3 cm³/mol. The number of carboxylic acids is 1. The smallest absolute Gasteiger partial charge is 0.320 e. The van der Waals surface area contributed by atoms with Crippen LogP contribution < -0.4 is 10.6 Å². The standard InChI is InChI=1S/C13H26N2O3/c1-6-9(4)12(13(17)18)14-7-11(16)15-10(5)8(2)3/h8-10,12,14H,6-7H2,1-5H3,(H,15,16)(H,17,18)/t9-,10?,12-/m0/s1. The van der Waals surface area contributed by atoms with Crippen LogP contribution in [0.5, 0.6) is 0 Å². The third-order valence-corrected chi connectivity index (χ3v) is 3.35. The van der Waals surface area contributed by atoms with E-state index in [0.717, 1.165) is 6.42 Å². The minimum atomic E-state index is -0.908. The van der Waals surface area contributed by atoms with Gasteiger partial charge in [-0.15, -0.1) is 0 Å². The first-order valence-corrected chi connectivity index (χ1v) is 6.55. The van der Waals surface area contributed by atoms with Crippen molar-refractivity contribution >= 4 is 11.9 Å². The lowest BCUT2D eigenvalue weighted by atomic mass is 9.99. The summed E-state index contributed by atoms with van der Waals surface area (Å²) in [7, 11) is 0. The van der Waals surface area contributed by atoms with Crippen LogP contribution in [0.2, 0.25) is 0 Å². The zero-order valence-corrected chi connectivity index (χ0v) is 12.0. The zero-order valence-electron chi connectivity index (χ0n) is 12.0. The summed E-state index contributed by atoms with van der Waals surface area (Å²) in [6, 6.07) is -0.582. The van der Waals surface area contributed by atoms with Gasteiger partial charge in [0.05, 0.1) is 6.54 Å². The second kappa shape index (κ2) is 8.08. The molecule has 0 heterocycles. The quantitative estimate of drug-likeness (QED) is 0.612. The molecule has 0 saturated heterocycles. The number of aliphatic carboxylic acids is 1. The molecule has 1 amide bonds. The Balaban J connectivity index is 4.20. The highest BCUT2D eigenvalue weighted by Crippen LogP contribution is 2.07. The van der Waals surface area contributed by atoms with E-state index < -0.39 is 12.0 Å². The van der Waals surface area contributed by atoms with Crippen LogP contribution in [-0.4, -0.2) is 35.6 Å². The van der Waals surface area contributed by atoms with E-state index in [4.69, 9.17) is 5.11 Å². The van der Waals surface area contributed by atoms with E-state index in [1.165, 1.54) is 0 Å². The van der Waals surface area contributed by atoms with E-state index in [9.17, 15) is 9.59 Å². The number of carboxylic acid groups (broad SMARTS) is 1. The van der Waals surface area contributed by atoms with Crippen molar-refractivity contribution in [1.29, 1.82) is 0 Å². The maximum Gasteiger partial charge on any atom is 0.320 e. The molecule has 3 N–H and O–H groups in total. The fraction of sp³-hybridized carbons (Fsp3) is 0.846. The molecule has 5 nitrogen and oxygen atoms in total. The van der Waals surface area contributed by atoms with Crippen molar-refractivity contribution < 1.29 is 14.7 Å². The van der Waals surface area contributed by atoms with Crippen molar-refractivity contribution in [1.82, 2.24) is 10.6 Å². The minimum Gasteiger partial charge on any atom is -0.480 e. The van der Waals surface area contributed by atoms with E-state index in [1.54, 1.807) is 0 Å². The summed E-state index contributed by atoms with van der Waals surface area (Å²) in [5.74, 6) is -0.712. The van der Waals surface area contributed by atoms with Crippen molar-refractivity contribution in [3.8, 4) is 0 Å². The minimum absolute atomic E-state index is 0.00202. The van der Waals surface area contributed by atoms with Gasteiger partial charge in [-0.3, -0.25) is 14.9 Å². The van der Waals surface area contributed by atoms with Gasteiger partial charge in [-0.25, -0.2) is 0 Å². The van der Waals surface area contributed by atoms with Gasteiger partial charge in [-0.2, -0.15) is 0 Å². The number of nitrogens with one attached hydrogen (secondary N) is 2. The van der Waals surface area contributed by atoms with Gasteiger partial charge < -0.3 is 10.4 Å². The second-order valence-corrected chi connectivity index (χ2v) is 5.18. The summed E-state index contributed by atoms with van der Waals surface area (Å²) in [6.45, 7) is 9.82. The molecule has 0 aromatic carbocycles. The SMILES string of the molecule is CC[C@H](C)[C@H](NCC(=O)NC(C)C(C)C)C(=O)O. The van der Waals surface area contributed by atoms with Crippen LogP contribution in [0, 0.1) is 11.8 Å². The Labute approximate surface area is 109 Å². The van der Waals surface area contributed by atoms with E-state index >= 15 is 0 Å². The molecular formula is C13H26N2O3. The maximum atomic E-state index is 11.6. The lowest BCUT2D eigenvalue weighted by molar-refractivity contribution is -0.141. The molecule has 3 atom stereocenters. The molecule has 0 bridgehead atoms. The fourth-order valence-electron chi connectivity index (χ4n) is 1.44. The molecule has 0 rings (SSSR count). The number of hydrogen-bond acceptors (Lipinski definition) is 3. The number of rotatable bonds is 8. The molecule has 0 aromatic rings. The highest BCUT2D eigenvalue weighted by molar-refractivity contribution is 5.80. The van der Waals surface area contributed by atoms with Crippen molar-refractivity contribution in [2.24, 2.45) is 11.8 Å². The van der Waals surface area contributed by atoms with Crippen molar-refractivity contribution in [3.05, 3.63) is 0 Å². The highest BCUT2D eigenvalue weighted by Gasteiger charge is 2.23. The number of amides is 1.